The summed E-state index contributed by atoms with van der Waals surface area (Å²) in [6, 6.07) is 24.3. The van der Waals surface area contributed by atoms with Crippen LogP contribution < -0.4 is 16.0 Å². The van der Waals surface area contributed by atoms with Crippen LogP contribution in [0.5, 0.6) is 0 Å². The van der Waals surface area contributed by atoms with E-state index in [0.717, 1.165) is 5.56 Å². The van der Waals surface area contributed by atoms with Crippen molar-refractivity contribution in [1.29, 1.82) is 0 Å². The largest absolute Gasteiger partial charge is 0.452 e. The molecule has 152 valence electrons. The molecule has 7 nitrogen and oxygen atoms in total. The molecule has 0 spiro atoms. The van der Waals surface area contributed by atoms with Crippen molar-refractivity contribution in [3.63, 3.8) is 0 Å². The Balaban J connectivity index is 1.43. The molecule has 0 unspecified atom stereocenters. The number of anilines is 2. The molecule has 0 aromatic heterocycles. The minimum Gasteiger partial charge on any atom is -0.452 e. The predicted octanol–water partition coefficient (Wildman–Crippen LogP) is 3.80. The third-order valence-corrected chi connectivity index (χ3v) is 4.08. The number of carbonyl (C=O) groups is 3. The van der Waals surface area contributed by atoms with Crippen LogP contribution in [0.3, 0.4) is 0 Å². The van der Waals surface area contributed by atoms with Gasteiger partial charge in [0.25, 0.3) is 5.91 Å². The van der Waals surface area contributed by atoms with Crippen molar-refractivity contribution in [3.8, 4) is 0 Å². The van der Waals surface area contributed by atoms with E-state index in [4.69, 9.17) is 4.74 Å². The maximum Gasteiger partial charge on any atom is 0.338 e. The molecule has 0 aliphatic carbocycles. The van der Waals surface area contributed by atoms with E-state index in [1.807, 2.05) is 48.5 Å². The van der Waals surface area contributed by atoms with Crippen molar-refractivity contribution in [1.82, 2.24) is 5.32 Å². The third-order valence-electron chi connectivity index (χ3n) is 4.08. The summed E-state index contributed by atoms with van der Waals surface area (Å²) < 4.78 is 5.03. The molecule has 3 N–H and O–H groups in total. The Morgan fingerprint density at radius 1 is 0.700 bits per heavy atom. The Hall–Kier alpha value is -4.13. The van der Waals surface area contributed by atoms with Gasteiger partial charge in [0.15, 0.2) is 6.61 Å². The predicted molar refractivity (Wildman–Crippen MR) is 114 cm³/mol. The molecular weight excluding hydrogens is 382 g/mol. The highest BCUT2D eigenvalue weighted by Crippen LogP contribution is 2.12. The molecule has 3 aromatic rings. The minimum atomic E-state index is -0.620. The minimum absolute atomic E-state index is 0.278. The fourth-order valence-electron chi connectivity index (χ4n) is 2.57. The van der Waals surface area contributed by atoms with Crippen molar-refractivity contribution in [3.05, 3.63) is 96.1 Å². The summed E-state index contributed by atoms with van der Waals surface area (Å²) in [4.78, 5) is 35.9. The first kappa shape index (κ1) is 20.6. The molecule has 0 saturated heterocycles. The molecular formula is C23H21N3O4. The fourth-order valence-corrected chi connectivity index (χ4v) is 2.57. The number of carbonyl (C=O) groups excluding carboxylic acids is 3. The Labute approximate surface area is 174 Å². The van der Waals surface area contributed by atoms with Gasteiger partial charge < -0.3 is 20.7 Å². The molecule has 0 fully saturated rings. The van der Waals surface area contributed by atoms with Crippen LogP contribution in [0.2, 0.25) is 0 Å². The van der Waals surface area contributed by atoms with E-state index in [0.29, 0.717) is 17.9 Å². The van der Waals surface area contributed by atoms with Gasteiger partial charge in [0.1, 0.15) is 0 Å². The molecule has 0 bridgehead atoms. The number of hydrogen-bond donors (Lipinski definition) is 3. The van der Waals surface area contributed by atoms with Crippen LogP contribution in [0, 0.1) is 0 Å². The van der Waals surface area contributed by atoms with Gasteiger partial charge in [-0.05, 0) is 42.0 Å². The topological polar surface area (TPSA) is 96.5 Å². The summed E-state index contributed by atoms with van der Waals surface area (Å²) >= 11 is 0. The average Bonchev–Trinajstić information content (AvgIpc) is 2.78. The van der Waals surface area contributed by atoms with Gasteiger partial charge in [-0.2, -0.15) is 0 Å². The zero-order valence-corrected chi connectivity index (χ0v) is 16.1. The maximum absolute atomic E-state index is 12.1. The van der Waals surface area contributed by atoms with Crippen molar-refractivity contribution < 1.29 is 19.1 Å². The van der Waals surface area contributed by atoms with Crippen LogP contribution in [-0.2, 0) is 16.1 Å². The van der Waals surface area contributed by atoms with E-state index in [1.54, 1.807) is 24.3 Å². The first-order valence-electron chi connectivity index (χ1n) is 9.31. The van der Waals surface area contributed by atoms with Gasteiger partial charge in [-0.15, -0.1) is 0 Å². The number of urea groups is 1. The fraction of sp³-hybridized carbons (Fsp3) is 0.0870. The van der Waals surface area contributed by atoms with E-state index in [1.165, 1.54) is 12.1 Å². The number of benzene rings is 3. The van der Waals surface area contributed by atoms with E-state index in [-0.39, 0.29) is 18.1 Å². The number of hydrogen-bond acceptors (Lipinski definition) is 4. The van der Waals surface area contributed by atoms with Gasteiger partial charge in [-0.25, -0.2) is 9.59 Å². The molecule has 3 amide bonds. The summed E-state index contributed by atoms with van der Waals surface area (Å²) in [5.41, 5.74) is 2.41. The lowest BCUT2D eigenvalue weighted by Crippen LogP contribution is -2.28. The number of amides is 3. The van der Waals surface area contributed by atoms with Crippen molar-refractivity contribution >= 4 is 29.3 Å². The molecule has 0 atom stereocenters. The Morgan fingerprint density at radius 3 is 1.90 bits per heavy atom. The number of para-hydroxylation sites is 1. The van der Waals surface area contributed by atoms with E-state index < -0.39 is 12.0 Å². The monoisotopic (exact) mass is 403 g/mol. The highest BCUT2D eigenvalue weighted by molar-refractivity contribution is 6.00. The van der Waals surface area contributed by atoms with Crippen LogP contribution in [0.15, 0.2) is 84.9 Å². The van der Waals surface area contributed by atoms with E-state index >= 15 is 0 Å². The van der Waals surface area contributed by atoms with Gasteiger partial charge in [0.2, 0.25) is 0 Å². The average molecular weight is 403 g/mol. The zero-order chi connectivity index (χ0) is 21.2. The Kier molecular flexibility index (Phi) is 7.16. The third kappa shape index (κ3) is 6.49. The van der Waals surface area contributed by atoms with Crippen LogP contribution in [0.25, 0.3) is 0 Å². The highest BCUT2D eigenvalue weighted by Gasteiger charge is 2.11. The van der Waals surface area contributed by atoms with Crippen molar-refractivity contribution in [2.75, 3.05) is 17.2 Å². The van der Waals surface area contributed by atoms with Crippen molar-refractivity contribution in [2.24, 2.45) is 0 Å². The first-order chi connectivity index (χ1) is 14.6. The standard InChI is InChI=1S/C23H21N3O4/c27-21(24-15-17-7-3-1-4-8-17)16-30-22(28)18-11-13-20(14-12-18)26-23(29)25-19-9-5-2-6-10-19/h1-14H,15-16H2,(H,24,27)(H2,25,26,29). The summed E-state index contributed by atoms with van der Waals surface area (Å²) in [7, 11) is 0. The lowest BCUT2D eigenvalue weighted by Gasteiger charge is -2.09. The summed E-state index contributed by atoms with van der Waals surface area (Å²) in [5.74, 6) is -1.01. The second kappa shape index (κ2) is 10.4. The zero-order valence-electron chi connectivity index (χ0n) is 16.1. The molecule has 3 rings (SSSR count). The van der Waals surface area contributed by atoms with E-state index in [2.05, 4.69) is 16.0 Å². The highest BCUT2D eigenvalue weighted by atomic mass is 16.5. The van der Waals surface area contributed by atoms with Crippen LogP contribution in [0.4, 0.5) is 16.2 Å². The number of nitrogens with one attached hydrogen (secondary N) is 3. The molecule has 0 aliphatic heterocycles. The lowest BCUT2D eigenvalue weighted by molar-refractivity contribution is -0.124. The number of rotatable bonds is 7. The maximum atomic E-state index is 12.1. The molecule has 3 aromatic carbocycles. The van der Waals surface area contributed by atoms with Crippen LogP contribution >= 0.6 is 0 Å². The quantitative estimate of drug-likeness (QED) is 0.523. The van der Waals surface area contributed by atoms with Crippen LogP contribution in [0.1, 0.15) is 15.9 Å². The Morgan fingerprint density at radius 2 is 1.27 bits per heavy atom. The second-order valence-electron chi connectivity index (χ2n) is 6.36. The van der Waals surface area contributed by atoms with Gasteiger partial charge in [-0.3, -0.25) is 4.79 Å². The summed E-state index contributed by atoms with van der Waals surface area (Å²) in [5, 5.41) is 8.06. The van der Waals surface area contributed by atoms with Crippen molar-refractivity contribution in [2.45, 2.75) is 6.54 Å². The Bertz CT molecular complexity index is 990. The van der Waals surface area contributed by atoms with E-state index in [9.17, 15) is 14.4 Å². The number of esters is 1. The van der Waals surface area contributed by atoms with Gasteiger partial charge in [-0.1, -0.05) is 48.5 Å². The molecule has 7 heteroatoms. The SMILES string of the molecule is O=C(COC(=O)c1ccc(NC(=O)Nc2ccccc2)cc1)NCc1ccccc1. The summed E-state index contributed by atoms with van der Waals surface area (Å²) in [6.45, 7) is -0.00617. The van der Waals surface area contributed by atoms with Gasteiger partial charge in [0.05, 0.1) is 5.56 Å². The van der Waals surface area contributed by atoms with Gasteiger partial charge in [0, 0.05) is 17.9 Å². The first-order valence-corrected chi connectivity index (χ1v) is 9.31. The summed E-state index contributed by atoms with van der Waals surface area (Å²) in [6.07, 6.45) is 0. The number of ether oxygens (including phenoxy) is 1. The molecule has 30 heavy (non-hydrogen) atoms. The van der Waals surface area contributed by atoms with Gasteiger partial charge >= 0.3 is 12.0 Å². The smallest absolute Gasteiger partial charge is 0.338 e. The molecule has 0 heterocycles. The molecule has 0 saturated carbocycles. The molecule has 0 aliphatic rings. The van der Waals surface area contributed by atoms with Crippen LogP contribution in [-0.4, -0.2) is 24.5 Å². The lowest BCUT2D eigenvalue weighted by atomic mass is 10.2. The molecule has 0 radical (unpaired) electrons. The normalized spacial score (nSPS) is 10.0. The second-order valence-corrected chi connectivity index (χ2v) is 6.36.